The number of aryl methyl sites for hydroxylation is 1. The maximum absolute atomic E-state index is 12.8. The molecular weight excluding hydrogens is 348 g/mol. The molecule has 6 heteroatoms. The first kappa shape index (κ1) is 18.6. The Morgan fingerprint density at radius 1 is 1.12 bits per heavy atom. The van der Waals surface area contributed by atoms with Crippen LogP contribution in [0.2, 0.25) is 0 Å². The molecule has 1 heterocycles. The molecule has 2 aromatic rings. The minimum Gasteiger partial charge on any atom is -0.322 e. The Morgan fingerprint density at radius 2 is 1.85 bits per heavy atom. The van der Waals surface area contributed by atoms with Gasteiger partial charge in [0.15, 0.2) is 0 Å². The summed E-state index contributed by atoms with van der Waals surface area (Å²) in [5, 5.41) is 2.81. The molecule has 1 saturated heterocycles. The van der Waals surface area contributed by atoms with Gasteiger partial charge in [-0.2, -0.15) is 4.31 Å². The van der Waals surface area contributed by atoms with Crippen LogP contribution >= 0.6 is 0 Å². The summed E-state index contributed by atoms with van der Waals surface area (Å²) in [6.45, 7) is 4.44. The van der Waals surface area contributed by atoms with Crippen molar-refractivity contribution in [2.24, 2.45) is 0 Å². The number of anilines is 1. The molecule has 1 aliphatic heterocycles. The van der Waals surface area contributed by atoms with Gasteiger partial charge in [-0.25, -0.2) is 8.42 Å². The highest BCUT2D eigenvalue weighted by Crippen LogP contribution is 2.26. The van der Waals surface area contributed by atoms with Crippen LogP contribution in [0.5, 0.6) is 0 Å². The van der Waals surface area contributed by atoms with E-state index < -0.39 is 10.0 Å². The van der Waals surface area contributed by atoms with Crippen LogP contribution in [0.25, 0.3) is 0 Å². The van der Waals surface area contributed by atoms with Crippen molar-refractivity contribution in [3.05, 3.63) is 59.7 Å². The molecule has 2 aromatic carbocycles. The lowest BCUT2D eigenvalue weighted by atomic mass is 10.1. The zero-order chi connectivity index (χ0) is 18.7. The first-order valence-corrected chi connectivity index (χ1v) is 10.3. The van der Waals surface area contributed by atoms with E-state index >= 15 is 0 Å². The van der Waals surface area contributed by atoms with Gasteiger partial charge in [-0.3, -0.25) is 4.79 Å². The second-order valence-electron chi connectivity index (χ2n) is 6.81. The molecule has 0 aromatic heterocycles. The summed E-state index contributed by atoms with van der Waals surface area (Å²) < 4.78 is 27.2. The average molecular weight is 372 g/mol. The van der Waals surface area contributed by atoms with Crippen molar-refractivity contribution < 1.29 is 13.2 Å². The SMILES string of the molecule is Cc1cccc(C(=O)Nc2ccc(S(=O)(=O)N3CCCC[C@@H]3C)cc2)c1. The molecule has 1 amide bonds. The summed E-state index contributed by atoms with van der Waals surface area (Å²) in [5.74, 6) is -0.214. The Labute approximate surface area is 155 Å². The molecule has 0 spiro atoms. The minimum atomic E-state index is -3.49. The van der Waals surface area contributed by atoms with Crippen molar-refractivity contribution >= 4 is 21.6 Å². The maximum Gasteiger partial charge on any atom is 0.255 e. The van der Waals surface area contributed by atoms with E-state index in [2.05, 4.69) is 5.32 Å². The summed E-state index contributed by atoms with van der Waals surface area (Å²) in [6.07, 6.45) is 2.86. The molecule has 138 valence electrons. The van der Waals surface area contributed by atoms with Gasteiger partial charge in [0.25, 0.3) is 5.91 Å². The number of amides is 1. The normalized spacial score (nSPS) is 18.5. The molecular formula is C20H24N2O3S. The highest BCUT2D eigenvalue weighted by atomic mass is 32.2. The van der Waals surface area contributed by atoms with E-state index in [0.29, 0.717) is 17.8 Å². The first-order valence-electron chi connectivity index (χ1n) is 8.88. The Balaban J connectivity index is 1.75. The predicted octanol–water partition coefficient (Wildman–Crippen LogP) is 3.81. The first-order chi connectivity index (χ1) is 12.4. The van der Waals surface area contributed by atoms with Crippen LogP contribution in [0, 0.1) is 6.92 Å². The number of nitrogens with zero attached hydrogens (tertiary/aromatic N) is 1. The van der Waals surface area contributed by atoms with Gasteiger partial charge >= 0.3 is 0 Å². The smallest absolute Gasteiger partial charge is 0.255 e. The lowest BCUT2D eigenvalue weighted by molar-refractivity contribution is 0.102. The number of rotatable bonds is 4. The van der Waals surface area contributed by atoms with Crippen LogP contribution in [-0.2, 0) is 10.0 Å². The van der Waals surface area contributed by atoms with E-state index in [0.717, 1.165) is 24.8 Å². The van der Waals surface area contributed by atoms with Crippen LogP contribution in [0.3, 0.4) is 0 Å². The van der Waals surface area contributed by atoms with E-state index in [1.165, 1.54) is 0 Å². The molecule has 3 rings (SSSR count). The van der Waals surface area contributed by atoms with E-state index in [-0.39, 0.29) is 16.8 Å². The number of hydrogen-bond acceptors (Lipinski definition) is 3. The van der Waals surface area contributed by atoms with Gasteiger partial charge in [0.2, 0.25) is 10.0 Å². The van der Waals surface area contributed by atoms with Gasteiger partial charge in [-0.15, -0.1) is 0 Å². The van der Waals surface area contributed by atoms with Gasteiger partial charge < -0.3 is 5.32 Å². The highest BCUT2D eigenvalue weighted by Gasteiger charge is 2.30. The van der Waals surface area contributed by atoms with Gasteiger partial charge in [0.05, 0.1) is 4.90 Å². The fourth-order valence-electron chi connectivity index (χ4n) is 3.26. The number of carbonyl (C=O) groups is 1. The second kappa shape index (κ2) is 7.60. The lowest BCUT2D eigenvalue weighted by Gasteiger charge is -2.32. The third-order valence-electron chi connectivity index (χ3n) is 4.74. The number of benzene rings is 2. The van der Waals surface area contributed by atoms with Crippen LogP contribution in [0.4, 0.5) is 5.69 Å². The number of nitrogens with one attached hydrogen (secondary N) is 1. The Bertz CT molecular complexity index is 892. The monoisotopic (exact) mass is 372 g/mol. The van der Waals surface area contributed by atoms with E-state index in [1.807, 2.05) is 32.0 Å². The minimum absolute atomic E-state index is 0.0226. The molecule has 0 unspecified atom stereocenters. The quantitative estimate of drug-likeness (QED) is 0.887. The number of hydrogen-bond donors (Lipinski definition) is 1. The third kappa shape index (κ3) is 3.97. The zero-order valence-corrected chi connectivity index (χ0v) is 15.9. The summed E-state index contributed by atoms with van der Waals surface area (Å²) in [4.78, 5) is 12.6. The van der Waals surface area contributed by atoms with Crippen LogP contribution < -0.4 is 5.32 Å². The number of piperidine rings is 1. The fourth-order valence-corrected chi connectivity index (χ4v) is 4.96. The van der Waals surface area contributed by atoms with Crippen molar-refractivity contribution in [2.75, 3.05) is 11.9 Å². The van der Waals surface area contributed by atoms with Crippen LogP contribution in [-0.4, -0.2) is 31.2 Å². The predicted molar refractivity (Wildman–Crippen MR) is 103 cm³/mol. The average Bonchev–Trinajstić information content (AvgIpc) is 2.62. The standard InChI is InChI=1S/C20H24N2O3S/c1-15-6-5-8-17(14-15)20(23)21-18-9-11-19(12-10-18)26(24,25)22-13-4-3-7-16(22)2/h5-6,8-12,14,16H,3-4,7,13H2,1-2H3,(H,21,23)/t16-/m0/s1. The Kier molecular flexibility index (Phi) is 5.44. The molecule has 1 atom stereocenters. The Morgan fingerprint density at radius 3 is 2.50 bits per heavy atom. The summed E-state index contributed by atoms with van der Waals surface area (Å²) in [6, 6.07) is 13.7. The van der Waals surface area contributed by atoms with E-state index in [9.17, 15) is 13.2 Å². The highest BCUT2D eigenvalue weighted by molar-refractivity contribution is 7.89. The van der Waals surface area contributed by atoms with E-state index in [1.54, 1.807) is 34.6 Å². The number of sulfonamides is 1. The second-order valence-corrected chi connectivity index (χ2v) is 8.70. The maximum atomic E-state index is 12.8. The molecule has 5 nitrogen and oxygen atoms in total. The molecule has 0 aliphatic carbocycles. The third-order valence-corrected chi connectivity index (χ3v) is 6.77. The summed E-state index contributed by atoms with van der Waals surface area (Å²) >= 11 is 0. The van der Waals surface area contributed by atoms with Crippen molar-refractivity contribution in [1.29, 1.82) is 0 Å². The molecule has 1 fully saturated rings. The van der Waals surface area contributed by atoms with Crippen LogP contribution in [0.15, 0.2) is 53.4 Å². The molecule has 26 heavy (non-hydrogen) atoms. The molecule has 1 N–H and O–H groups in total. The van der Waals surface area contributed by atoms with Gasteiger partial charge in [0.1, 0.15) is 0 Å². The Hall–Kier alpha value is -2.18. The van der Waals surface area contributed by atoms with Gasteiger partial charge in [-0.05, 0) is 63.1 Å². The van der Waals surface area contributed by atoms with Crippen molar-refractivity contribution in [3.63, 3.8) is 0 Å². The largest absolute Gasteiger partial charge is 0.322 e. The van der Waals surface area contributed by atoms with Gasteiger partial charge in [0, 0.05) is 23.8 Å². The molecule has 0 saturated carbocycles. The summed E-state index contributed by atoms with van der Waals surface area (Å²) in [7, 11) is -3.49. The topological polar surface area (TPSA) is 66.5 Å². The van der Waals surface area contributed by atoms with Gasteiger partial charge in [-0.1, -0.05) is 24.1 Å². The van der Waals surface area contributed by atoms with E-state index in [4.69, 9.17) is 0 Å². The molecule has 1 aliphatic rings. The lowest BCUT2D eigenvalue weighted by Crippen LogP contribution is -2.41. The summed E-state index contributed by atoms with van der Waals surface area (Å²) in [5.41, 5.74) is 2.15. The van der Waals surface area contributed by atoms with Crippen LogP contribution in [0.1, 0.15) is 42.1 Å². The van der Waals surface area contributed by atoms with Crippen molar-refractivity contribution in [2.45, 2.75) is 44.0 Å². The molecule has 0 radical (unpaired) electrons. The fraction of sp³-hybridized carbons (Fsp3) is 0.350. The molecule has 0 bridgehead atoms. The number of carbonyl (C=O) groups excluding carboxylic acids is 1. The van der Waals surface area contributed by atoms with Crippen molar-refractivity contribution in [3.8, 4) is 0 Å². The van der Waals surface area contributed by atoms with Crippen molar-refractivity contribution in [1.82, 2.24) is 4.31 Å². The zero-order valence-electron chi connectivity index (χ0n) is 15.1.